The molecule has 1 aromatic heterocycles. The summed E-state index contributed by atoms with van der Waals surface area (Å²) in [5.74, 6) is 1.50. The van der Waals surface area contributed by atoms with Crippen molar-refractivity contribution in [2.75, 3.05) is 7.11 Å². The lowest BCUT2D eigenvalue weighted by Gasteiger charge is -2.10. The maximum Gasteiger partial charge on any atom is 0.170 e. The van der Waals surface area contributed by atoms with Crippen LogP contribution in [0.1, 0.15) is 17.0 Å². The minimum atomic E-state index is 0.0605. The van der Waals surface area contributed by atoms with Gasteiger partial charge in [0.15, 0.2) is 11.7 Å². The van der Waals surface area contributed by atoms with Crippen LogP contribution in [-0.2, 0) is 20.1 Å². The summed E-state index contributed by atoms with van der Waals surface area (Å²) in [6, 6.07) is 5.33. The predicted molar refractivity (Wildman–Crippen MR) is 77.1 cm³/mol. The van der Waals surface area contributed by atoms with E-state index < -0.39 is 0 Å². The standard InChI is InChI=1S/C13H18N6O2/c1-19-8-16-12(17-19)7-15-6-10-5-9(13(14)18-20)3-4-11(10)21-2/h3-5,8,15,20H,6-7H2,1-2H3,(H2,14,18). The zero-order valence-electron chi connectivity index (χ0n) is 11.9. The number of rotatable bonds is 6. The summed E-state index contributed by atoms with van der Waals surface area (Å²) in [7, 11) is 3.42. The third-order valence-electron chi connectivity index (χ3n) is 2.93. The van der Waals surface area contributed by atoms with Gasteiger partial charge in [-0.2, -0.15) is 5.10 Å². The van der Waals surface area contributed by atoms with Gasteiger partial charge in [0.2, 0.25) is 0 Å². The Labute approximate surface area is 122 Å². The van der Waals surface area contributed by atoms with Crippen LogP contribution in [-0.4, -0.2) is 32.9 Å². The van der Waals surface area contributed by atoms with Crippen molar-refractivity contribution in [3.05, 3.63) is 41.5 Å². The van der Waals surface area contributed by atoms with Crippen molar-refractivity contribution in [2.24, 2.45) is 17.9 Å². The van der Waals surface area contributed by atoms with Gasteiger partial charge in [0, 0.05) is 24.7 Å². The number of nitrogens with zero attached hydrogens (tertiary/aromatic N) is 4. The highest BCUT2D eigenvalue weighted by Gasteiger charge is 2.07. The van der Waals surface area contributed by atoms with Crippen LogP contribution in [0.3, 0.4) is 0 Å². The summed E-state index contributed by atoms with van der Waals surface area (Å²) in [6.45, 7) is 1.09. The molecule has 21 heavy (non-hydrogen) atoms. The number of hydrogen-bond acceptors (Lipinski definition) is 6. The number of aryl methyl sites for hydroxylation is 1. The first-order chi connectivity index (χ1) is 10.1. The molecule has 0 amide bonds. The van der Waals surface area contributed by atoms with Gasteiger partial charge in [-0.3, -0.25) is 4.68 Å². The summed E-state index contributed by atoms with van der Waals surface area (Å²) in [4.78, 5) is 4.13. The van der Waals surface area contributed by atoms with Crippen LogP contribution in [0.2, 0.25) is 0 Å². The zero-order valence-corrected chi connectivity index (χ0v) is 11.9. The van der Waals surface area contributed by atoms with E-state index >= 15 is 0 Å². The van der Waals surface area contributed by atoms with Crippen molar-refractivity contribution >= 4 is 5.84 Å². The largest absolute Gasteiger partial charge is 0.496 e. The van der Waals surface area contributed by atoms with Gasteiger partial charge in [0.1, 0.15) is 12.1 Å². The van der Waals surface area contributed by atoms with E-state index in [1.165, 1.54) is 0 Å². The molecular weight excluding hydrogens is 272 g/mol. The number of benzene rings is 1. The Morgan fingerprint density at radius 1 is 1.48 bits per heavy atom. The summed E-state index contributed by atoms with van der Waals surface area (Å²) in [5.41, 5.74) is 7.12. The Morgan fingerprint density at radius 3 is 2.90 bits per heavy atom. The third-order valence-corrected chi connectivity index (χ3v) is 2.93. The van der Waals surface area contributed by atoms with Crippen molar-refractivity contribution < 1.29 is 9.94 Å². The Morgan fingerprint density at radius 2 is 2.29 bits per heavy atom. The molecule has 0 fully saturated rings. The fourth-order valence-electron chi connectivity index (χ4n) is 1.91. The van der Waals surface area contributed by atoms with Gasteiger partial charge in [-0.25, -0.2) is 4.98 Å². The van der Waals surface area contributed by atoms with E-state index in [2.05, 4.69) is 20.6 Å². The average Bonchev–Trinajstić information content (AvgIpc) is 2.91. The minimum Gasteiger partial charge on any atom is -0.496 e. The van der Waals surface area contributed by atoms with Crippen molar-refractivity contribution in [2.45, 2.75) is 13.1 Å². The molecule has 2 rings (SSSR count). The number of aromatic nitrogens is 3. The van der Waals surface area contributed by atoms with Gasteiger partial charge in [-0.1, -0.05) is 5.16 Å². The molecule has 0 atom stereocenters. The highest BCUT2D eigenvalue weighted by Crippen LogP contribution is 2.19. The second-order valence-corrected chi connectivity index (χ2v) is 4.45. The molecule has 4 N–H and O–H groups in total. The smallest absolute Gasteiger partial charge is 0.170 e. The SMILES string of the molecule is COc1ccc(/C(N)=N/O)cc1CNCc1ncn(C)n1. The van der Waals surface area contributed by atoms with Crippen molar-refractivity contribution in [1.82, 2.24) is 20.1 Å². The second kappa shape index (κ2) is 6.71. The van der Waals surface area contributed by atoms with Crippen LogP contribution in [0.15, 0.2) is 29.7 Å². The van der Waals surface area contributed by atoms with Crippen LogP contribution in [0.5, 0.6) is 5.75 Å². The monoisotopic (exact) mass is 290 g/mol. The zero-order chi connectivity index (χ0) is 15.2. The lowest BCUT2D eigenvalue weighted by Crippen LogP contribution is -2.17. The normalized spacial score (nSPS) is 11.6. The molecule has 0 saturated carbocycles. The van der Waals surface area contributed by atoms with Gasteiger partial charge in [-0.15, -0.1) is 0 Å². The topological polar surface area (TPSA) is 111 Å². The Kier molecular flexibility index (Phi) is 4.72. The number of hydrogen-bond donors (Lipinski definition) is 3. The summed E-state index contributed by atoms with van der Waals surface area (Å²) in [6.07, 6.45) is 1.65. The maximum atomic E-state index is 8.73. The Hall–Kier alpha value is -2.61. The highest BCUT2D eigenvalue weighted by molar-refractivity contribution is 5.97. The first kappa shape index (κ1) is 14.8. The first-order valence-corrected chi connectivity index (χ1v) is 6.34. The highest BCUT2D eigenvalue weighted by atomic mass is 16.5. The fourth-order valence-corrected chi connectivity index (χ4v) is 1.91. The molecule has 1 heterocycles. The number of oxime groups is 1. The molecule has 0 radical (unpaired) electrons. The van der Waals surface area contributed by atoms with Crippen LogP contribution in [0.4, 0.5) is 0 Å². The third kappa shape index (κ3) is 3.69. The number of ether oxygens (including phenoxy) is 1. The van der Waals surface area contributed by atoms with Gasteiger partial charge in [-0.05, 0) is 18.2 Å². The quantitative estimate of drug-likeness (QED) is 0.303. The molecule has 8 heteroatoms. The van der Waals surface area contributed by atoms with Gasteiger partial charge in [0.05, 0.1) is 13.7 Å². The summed E-state index contributed by atoms with van der Waals surface area (Å²) in [5, 5.41) is 19.1. The molecule has 0 aliphatic carbocycles. The average molecular weight is 290 g/mol. The van der Waals surface area contributed by atoms with Crippen LogP contribution < -0.4 is 15.8 Å². The predicted octanol–water partition coefficient (Wildman–Crippen LogP) is 0.208. The molecule has 0 saturated heterocycles. The number of nitrogens with two attached hydrogens (primary N) is 1. The molecule has 112 valence electrons. The molecule has 1 aromatic carbocycles. The van der Waals surface area contributed by atoms with E-state index in [4.69, 9.17) is 15.7 Å². The molecule has 0 bridgehead atoms. The van der Waals surface area contributed by atoms with Crippen molar-refractivity contribution in [3.63, 3.8) is 0 Å². The molecule has 0 aliphatic rings. The second-order valence-electron chi connectivity index (χ2n) is 4.45. The molecule has 0 unspecified atom stereocenters. The summed E-state index contributed by atoms with van der Waals surface area (Å²) >= 11 is 0. The van der Waals surface area contributed by atoms with Crippen molar-refractivity contribution in [3.8, 4) is 5.75 Å². The maximum absolute atomic E-state index is 8.73. The van der Waals surface area contributed by atoms with Crippen LogP contribution >= 0.6 is 0 Å². The van der Waals surface area contributed by atoms with Gasteiger partial charge < -0.3 is 21.0 Å². The van der Waals surface area contributed by atoms with Crippen LogP contribution in [0.25, 0.3) is 0 Å². The van der Waals surface area contributed by atoms with E-state index in [-0.39, 0.29) is 5.84 Å². The van der Waals surface area contributed by atoms with E-state index in [1.54, 1.807) is 30.3 Å². The minimum absolute atomic E-state index is 0.0605. The summed E-state index contributed by atoms with van der Waals surface area (Å²) < 4.78 is 6.95. The van der Waals surface area contributed by atoms with Crippen molar-refractivity contribution in [1.29, 1.82) is 0 Å². The molecule has 0 spiro atoms. The van der Waals surface area contributed by atoms with E-state index in [9.17, 15) is 0 Å². The first-order valence-electron chi connectivity index (χ1n) is 6.34. The Balaban J connectivity index is 2.06. The van der Waals surface area contributed by atoms with E-state index in [0.29, 0.717) is 24.5 Å². The van der Waals surface area contributed by atoms with E-state index in [1.807, 2.05) is 13.1 Å². The molecule has 2 aromatic rings. The lowest BCUT2D eigenvalue weighted by atomic mass is 10.1. The van der Waals surface area contributed by atoms with E-state index in [0.717, 1.165) is 11.3 Å². The molecule has 8 nitrogen and oxygen atoms in total. The van der Waals surface area contributed by atoms with Crippen LogP contribution in [0, 0.1) is 0 Å². The molecule has 0 aliphatic heterocycles. The number of methoxy groups -OCH3 is 1. The van der Waals surface area contributed by atoms with Gasteiger partial charge in [0.25, 0.3) is 0 Å². The van der Waals surface area contributed by atoms with Gasteiger partial charge >= 0.3 is 0 Å². The fraction of sp³-hybridized carbons (Fsp3) is 0.308. The lowest BCUT2D eigenvalue weighted by molar-refractivity contribution is 0.318. The Bertz CT molecular complexity index is 637. The number of nitrogens with one attached hydrogen (secondary N) is 1. The number of amidine groups is 1. The molecular formula is C13H18N6O2.